The topological polar surface area (TPSA) is 75.6 Å². The van der Waals surface area contributed by atoms with Crippen LogP contribution in [-0.2, 0) is 9.53 Å². The first-order valence-electron chi connectivity index (χ1n) is 6.34. The van der Waals surface area contributed by atoms with Crippen molar-refractivity contribution in [3.63, 3.8) is 0 Å². The summed E-state index contributed by atoms with van der Waals surface area (Å²) < 4.78 is 29.4. The summed E-state index contributed by atoms with van der Waals surface area (Å²) in [4.78, 5) is 23.4. The average Bonchev–Trinajstić information content (AvgIpc) is 2.37. The molecule has 0 bridgehead atoms. The number of nitrogens with one attached hydrogen (secondary N) is 1. The van der Waals surface area contributed by atoms with Crippen molar-refractivity contribution < 1.29 is 28.2 Å². The van der Waals surface area contributed by atoms with Crippen molar-refractivity contribution in [1.82, 2.24) is 5.32 Å². The van der Waals surface area contributed by atoms with Gasteiger partial charge in [0, 0.05) is 17.6 Å². The van der Waals surface area contributed by atoms with Crippen LogP contribution in [0.5, 0.6) is 0 Å². The Labute approximate surface area is 131 Å². The lowest BCUT2D eigenvalue weighted by atomic mass is 9.98. The lowest BCUT2D eigenvalue weighted by molar-refractivity contribution is -0.139. The molecule has 1 unspecified atom stereocenters. The maximum absolute atomic E-state index is 12.2. The van der Waals surface area contributed by atoms with E-state index in [0.717, 1.165) is 0 Å². The lowest BCUT2D eigenvalue weighted by Crippen LogP contribution is -2.50. The molecule has 1 atom stereocenters. The molecule has 0 aliphatic heterocycles. The van der Waals surface area contributed by atoms with Gasteiger partial charge in [-0.05, 0) is 31.2 Å². The number of carboxylic acid groups (broad SMARTS) is 1. The van der Waals surface area contributed by atoms with Crippen LogP contribution in [0.4, 0.5) is 8.78 Å². The second kappa shape index (κ2) is 8.09. The van der Waals surface area contributed by atoms with Crippen molar-refractivity contribution in [2.45, 2.75) is 29.5 Å². The monoisotopic (exact) mass is 333 g/mol. The number of thioether (sulfide) groups is 1. The zero-order valence-corrected chi connectivity index (χ0v) is 13.0. The van der Waals surface area contributed by atoms with Crippen LogP contribution in [0.3, 0.4) is 0 Å². The van der Waals surface area contributed by atoms with Gasteiger partial charge in [0.25, 0.3) is 11.7 Å². The molecule has 0 saturated heterocycles. The van der Waals surface area contributed by atoms with E-state index in [0.29, 0.717) is 16.7 Å². The minimum Gasteiger partial charge on any atom is -0.481 e. The van der Waals surface area contributed by atoms with Gasteiger partial charge in [0.05, 0.1) is 18.6 Å². The van der Waals surface area contributed by atoms with Crippen LogP contribution in [-0.4, -0.2) is 42.0 Å². The molecular formula is C14H17F2NO4S. The Bertz CT molecular complexity index is 524. The number of carbonyl (C=O) groups is 2. The number of benzene rings is 1. The van der Waals surface area contributed by atoms with Crippen LogP contribution < -0.4 is 5.32 Å². The van der Waals surface area contributed by atoms with Gasteiger partial charge in [-0.3, -0.25) is 9.59 Å². The summed E-state index contributed by atoms with van der Waals surface area (Å²) in [6.07, 6.45) is -0.300. The predicted molar refractivity (Wildman–Crippen MR) is 78.3 cm³/mol. The Kier molecular flexibility index (Phi) is 6.76. The summed E-state index contributed by atoms with van der Waals surface area (Å²) >= 11 is 0.386. The first kappa shape index (κ1) is 18.4. The molecule has 1 aromatic rings. The van der Waals surface area contributed by atoms with Gasteiger partial charge in [-0.1, -0.05) is 11.8 Å². The number of ether oxygens (including phenoxy) is 1. The van der Waals surface area contributed by atoms with Crippen molar-refractivity contribution in [2.24, 2.45) is 0 Å². The van der Waals surface area contributed by atoms with Crippen molar-refractivity contribution >= 4 is 23.6 Å². The maximum atomic E-state index is 12.2. The van der Waals surface area contributed by atoms with E-state index in [4.69, 9.17) is 9.84 Å². The Morgan fingerprint density at radius 3 is 2.41 bits per heavy atom. The molecule has 0 spiro atoms. The van der Waals surface area contributed by atoms with E-state index in [1.165, 1.54) is 31.4 Å². The van der Waals surface area contributed by atoms with Crippen LogP contribution in [0.1, 0.15) is 23.7 Å². The third-order valence-electron chi connectivity index (χ3n) is 2.76. The van der Waals surface area contributed by atoms with Gasteiger partial charge < -0.3 is 15.2 Å². The number of carbonyl (C=O) groups excluding carboxylic acids is 1. The van der Waals surface area contributed by atoms with E-state index in [1.54, 1.807) is 6.92 Å². The highest BCUT2D eigenvalue weighted by Crippen LogP contribution is 2.25. The third-order valence-corrected chi connectivity index (χ3v) is 3.48. The van der Waals surface area contributed by atoms with E-state index < -0.39 is 23.2 Å². The Hall–Kier alpha value is -1.67. The van der Waals surface area contributed by atoms with Gasteiger partial charge in [-0.15, -0.1) is 0 Å². The van der Waals surface area contributed by atoms with E-state index in [9.17, 15) is 18.4 Å². The molecule has 0 aliphatic rings. The van der Waals surface area contributed by atoms with Crippen molar-refractivity contribution in [1.29, 1.82) is 0 Å². The van der Waals surface area contributed by atoms with E-state index >= 15 is 0 Å². The molecular weight excluding hydrogens is 316 g/mol. The molecule has 1 amide bonds. The number of aliphatic carboxylic acids is 1. The van der Waals surface area contributed by atoms with Crippen molar-refractivity contribution in [3.8, 4) is 0 Å². The minimum absolute atomic E-state index is 0.0321. The van der Waals surface area contributed by atoms with Crippen molar-refractivity contribution in [2.75, 3.05) is 13.7 Å². The number of rotatable bonds is 8. The predicted octanol–water partition coefficient (Wildman–Crippen LogP) is 2.61. The van der Waals surface area contributed by atoms with Crippen LogP contribution in [0, 0.1) is 0 Å². The molecule has 1 aromatic carbocycles. The zero-order valence-electron chi connectivity index (χ0n) is 12.1. The van der Waals surface area contributed by atoms with Crippen LogP contribution in [0.15, 0.2) is 29.2 Å². The Morgan fingerprint density at radius 1 is 1.36 bits per heavy atom. The smallest absolute Gasteiger partial charge is 0.305 e. The molecule has 22 heavy (non-hydrogen) atoms. The fraction of sp³-hybridized carbons (Fsp3) is 0.429. The summed E-state index contributed by atoms with van der Waals surface area (Å²) in [5.41, 5.74) is -0.806. The number of carboxylic acids is 1. The summed E-state index contributed by atoms with van der Waals surface area (Å²) in [6, 6.07) is 5.65. The van der Waals surface area contributed by atoms with Gasteiger partial charge in [0.15, 0.2) is 0 Å². The zero-order chi connectivity index (χ0) is 16.8. The molecule has 0 heterocycles. The van der Waals surface area contributed by atoms with Crippen LogP contribution in [0.25, 0.3) is 0 Å². The number of amides is 1. The number of hydrogen-bond donors (Lipinski definition) is 2. The molecule has 0 radical (unpaired) electrons. The van der Waals surface area contributed by atoms with E-state index in [-0.39, 0.29) is 18.6 Å². The summed E-state index contributed by atoms with van der Waals surface area (Å²) in [5.74, 6) is -4.09. The molecule has 0 fully saturated rings. The molecule has 0 aromatic heterocycles. The quantitative estimate of drug-likeness (QED) is 0.715. The number of alkyl halides is 2. The Balaban J connectivity index is 2.79. The molecule has 1 rings (SSSR count). The fourth-order valence-corrected chi connectivity index (χ4v) is 2.42. The minimum atomic E-state index is -2.53. The van der Waals surface area contributed by atoms with Gasteiger partial charge in [0.2, 0.25) is 0 Å². The standard InChI is InChI=1S/C14H17F2NO4S/c1-14(8-21-2,7-11(18)19)17-12(20)9-3-5-10(6-4-9)22-13(15)16/h3-6,13H,7-8H2,1-2H3,(H,17,20)(H,18,19). The van der Waals surface area contributed by atoms with Gasteiger partial charge in [-0.2, -0.15) is 8.78 Å². The first-order chi connectivity index (χ1) is 10.3. The van der Waals surface area contributed by atoms with Crippen LogP contribution in [0.2, 0.25) is 0 Å². The SMILES string of the molecule is COCC(C)(CC(=O)O)NC(=O)c1ccc(SC(F)F)cc1. The summed E-state index contributed by atoms with van der Waals surface area (Å²) in [6.45, 7) is 1.59. The average molecular weight is 333 g/mol. The number of halogens is 2. The molecule has 2 N–H and O–H groups in total. The summed E-state index contributed by atoms with van der Waals surface area (Å²) in [7, 11) is 1.41. The molecule has 0 saturated carbocycles. The fourth-order valence-electron chi connectivity index (χ4n) is 1.92. The maximum Gasteiger partial charge on any atom is 0.305 e. The number of hydrogen-bond acceptors (Lipinski definition) is 4. The second-order valence-electron chi connectivity index (χ2n) is 4.92. The summed E-state index contributed by atoms with van der Waals surface area (Å²) in [5, 5.41) is 11.5. The van der Waals surface area contributed by atoms with Gasteiger partial charge in [0.1, 0.15) is 0 Å². The third kappa shape index (κ3) is 5.98. The molecule has 122 valence electrons. The normalized spacial score (nSPS) is 13.7. The molecule has 8 heteroatoms. The largest absolute Gasteiger partial charge is 0.481 e. The van der Waals surface area contributed by atoms with Gasteiger partial charge in [-0.25, -0.2) is 0 Å². The molecule has 0 aliphatic carbocycles. The molecule has 5 nitrogen and oxygen atoms in total. The van der Waals surface area contributed by atoms with Gasteiger partial charge >= 0.3 is 5.97 Å². The lowest BCUT2D eigenvalue weighted by Gasteiger charge is -2.28. The highest BCUT2D eigenvalue weighted by Gasteiger charge is 2.29. The second-order valence-corrected chi connectivity index (χ2v) is 5.98. The number of methoxy groups -OCH3 is 1. The first-order valence-corrected chi connectivity index (χ1v) is 7.22. The van der Waals surface area contributed by atoms with E-state index in [2.05, 4.69) is 5.32 Å². The van der Waals surface area contributed by atoms with Crippen LogP contribution >= 0.6 is 11.8 Å². The highest BCUT2D eigenvalue weighted by molar-refractivity contribution is 7.99. The van der Waals surface area contributed by atoms with Crippen molar-refractivity contribution in [3.05, 3.63) is 29.8 Å². The van der Waals surface area contributed by atoms with E-state index in [1.807, 2.05) is 0 Å². The Morgan fingerprint density at radius 2 is 1.95 bits per heavy atom. The highest BCUT2D eigenvalue weighted by atomic mass is 32.2.